The monoisotopic (exact) mass is 271 g/mol. The Morgan fingerprint density at radius 2 is 2.06 bits per heavy atom. The summed E-state index contributed by atoms with van der Waals surface area (Å²) in [6.07, 6.45) is 1.71. The zero-order valence-corrected chi connectivity index (χ0v) is 12.2. The number of methoxy groups -OCH3 is 2. The molecule has 1 aromatic carbocycles. The number of hydrogen-bond acceptors (Lipinski definition) is 4. The van der Waals surface area contributed by atoms with Gasteiger partial charge in [0.15, 0.2) is 0 Å². The van der Waals surface area contributed by atoms with Gasteiger partial charge in [-0.05, 0) is 13.0 Å². The second kappa shape index (κ2) is 7.38. The minimum atomic E-state index is -0.780. The van der Waals surface area contributed by atoms with Crippen molar-refractivity contribution < 1.29 is 13.7 Å². The van der Waals surface area contributed by atoms with Crippen molar-refractivity contribution in [2.24, 2.45) is 0 Å². The number of nitrogens with one attached hydrogen (secondary N) is 1. The molecule has 5 heteroatoms. The minimum Gasteiger partial charge on any atom is -0.497 e. The molecule has 102 valence electrons. The first-order chi connectivity index (χ1) is 8.56. The summed E-state index contributed by atoms with van der Waals surface area (Å²) in [5, 5.41) is 3.33. The quantitative estimate of drug-likeness (QED) is 0.817. The third-order valence-electron chi connectivity index (χ3n) is 2.62. The molecule has 1 N–H and O–H groups in total. The summed E-state index contributed by atoms with van der Waals surface area (Å²) in [6.45, 7) is 2.71. The van der Waals surface area contributed by atoms with E-state index >= 15 is 0 Å². The van der Waals surface area contributed by atoms with E-state index in [-0.39, 0.29) is 6.04 Å². The zero-order valence-electron chi connectivity index (χ0n) is 11.4. The fraction of sp³-hybridized carbons (Fsp3) is 0.538. The van der Waals surface area contributed by atoms with Crippen molar-refractivity contribution in [3.05, 3.63) is 23.8 Å². The van der Waals surface area contributed by atoms with E-state index in [2.05, 4.69) is 5.32 Å². The van der Waals surface area contributed by atoms with Crippen molar-refractivity contribution in [1.82, 2.24) is 5.32 Å². The summed E-state index contributed by atoms with van der Waals surface area (Å²) in [7, 11) is 2.49. The van der Waals surface area contributed by atoms with E-state index in [0.717, 1.165) is 17.1 Å². The summed E-state index contributed by atoms with van der Waals surface area (Å²) in [5.74, 6) is 2.23. The molecule has 0 spiro atoms. The molecular weight excluding hydrogens is 250 g/mol. The summed E-state index contributed by atoms with van der Waals surface area (Å²) in [4.78, 5) is 0. The van der Waals surface area contributed by atoms with Crippen LogP contribution in [0, 0.1) is 0 Å². The lowest BCUT2D eigenvalue weighted by atomic mass is 10.2. The van der Waals surface area contributed by atoms with Crippen molar-refractivity contribution in [2.45, 2.75) is 19.5 Å². The van der Waals surface area contributed by atoms with Gasteiger partial charge in [-0.3, -0.25) is 4.21 Å². The molecule has 0 bridgehead atoms. The van der Waals surface area contributed by atoms with Crippen LogP contribution in [0.1, 0.15) is 12.5 Å². The molecule has 0 aliphatic heterocycles. The molecule has 4 nitrogen and oxygen atoms in total. The van der Waals surface area contributed by atoms with Crippen LogP contribution >= 0.6 is 0 Å². The van der Waals surface area contributed by atoms with Crippen LogP contribution < -0.4 is 14.8 Å². The lowest BCUT2D eigenvalue weighted by molar-refractivity contribution is 0.389. The first kappa shape index (κ1) is 15.0. The topological polar surface area (TPSA) is 47.6 Å². The molecule has 0 aromatic heterocycles. The molecule has 0 fully saturated rings. The van der Waals surface area contributed by atoms with Crippen LogP contribution in [0.25, 0.3) is 0 Å². The molecule has 0 amide bonds. The van der Waals surface area contributed by atoms with Crippen LogP contribution in [-0.2, 0) is 17.3 Å². The van der Waals surface area contributed by atoms with Crippen molar-refractivity contribution in [3.8, 4) is 11.5 Å². The van der Waals surface area contributed by atoms with Crippen molar-refractivity contribution in [2.75, 3.05) is 26.2 Å². The number of ether oxygens (including phenoxy) is 2. The predicted octanol–water partition coefficient (Wildman–Crippen LogP) is 1.56. The van der Waals surface area contributed by atoms with E-state index in [1.165, 1.54) is 0 Å². The van der Waals surface area contributed by atoms with Crippen LogP contribution in [0.4, 0.5) is 0 Å². The van der Waals surface area contributed by atoms with Crippen molar-refractivity contribution in [3.63, 3.8) is 0 Å². The van der Waals surface area contributed by atoms with Crippen molar-refractivity contribution >= 4 is 10.8 Å². The zero-order chi connectivity index (χ0) is 13.5. The van der Waals surface area contributed by atoms with E-state index in [0.29, 0.717) is 12.3 Å². The molecule has 2 unspecified atom stereocenters. The first-order valence-electron chi connectivity index (χ1n) is 5.81. The summed E-state index contributed by atoms with van der Waals surface area (Å²) in [6, 6.07) is 5.95. The van der Waals surface area contributed by atoms with Gasteiger partial charge in [-0.2, -0.15) is 0 Å². The van der Waals surface area contributed by atoms with Gasteiger partial charge in [0.1, 0.15) is 11.5 Å². The maximum atomic E-state index is 11.1. The van der Waals surface area contributed by atoms with Gasteiger partial charge in [-0.15, -0.1) is 0 Å². The van der Waals surface area contributed by atoms with Gasteiger partial charge in [0.25, 0.3) is 0 Å². The molecule has 0 aliphatic rings. The minimum absolute atomic E-state index is 0.211. The third kappa shape index (κ3) is 4.66. The summed E-state index contributed by atoms with van der Waals surface area (Å²) in [5.41, 5.74) is 1.06. The standard InChI is InChI=1S/C13H21NO3S/c1-10(9-18(4)15)14-8-11-5-6-12(16-2)7-13(11)17-3/h5-7,10,14H,8-9H2,1-4H3. The fourth-order valence-corrected chi connectivity index (χ4v) is 2.52. The molecule has 0 aliphatic carbocycles. The van der Waals surface area contributed by atoms with Gasteiger partial charge in [-0.25, -0.2) is 0 Å². The lowest BCUT2D eigenvalue weighted by Crippen LogP contribution is -2.30. The Kier molecular flexibility index (Phi) is 6.15. The SMILES string of the molecule is COc1ccc(CNC(C)CS(C)=O)c(OC)c1. The molecule has 2 atom stereocenters. The van der Waals surface area contributed by atoms with Gasteiger partial charge in [0, 0.05) is 47.0 Å². The molecule has 1 aromatic rings. The highest BCUT2D eigenvalue weighted by atomic mass is 32.2. The largest absolute Gasteiger partial charge is 0.497 e. The van der Waals surface area contributed by atoms with Gasteiger partial charge in [-0.1, -0.05) is 6.07 Å². The van der Waals surface area contributed by atoms with Crippen LogP contribution in [0.2, 0.25) is 0 Å². The normalized spacial score (nSPS) is 14.0. The molecule has 0 saturated heterocycles. The smallest absolute Gasteiger partial charge is 0.127 e. The van der Waals surface area contributed by atoms with Gasteiger partial charge >= 0.3 is 0 Å². The Hall–Kier alpha value is -1.07. The average molecular weight is 271 g/mol. The van der Waals surface area contributed by atoms with Gasteiger partial charge < -0.3 is 14.8 Å². The van der Waals surface area contributed by atoms with E-state index in [1.807, 2.05) is 25.1 Å². The highest BCUT2D eigenvalue weighted by Crippen LogP contribution is 2.24. The number of benzene rings is 1. The highest BCUT2D eigenvalue weighted by Gasteiger charge is 2.08. The highest BCUT2D eigenvalue weighted by molar-refractivity contribution is 7.84. The Morgan fingerprint density at radius 3 is 2.61 bits per heavy atom. The van der Waals surface area contributed by atoms with Crippen LogP contribution in [0.15, 0.2) is 18.2 Å². The average Bonchev–Trinajstić information content (AvgIpc) is 2.35. The molecule has 0 saturated carbocycles. The molecule has 0 heterocycles. The predicted molar refractivity (Wildman–Crippen MR) is 74.8 cm³/mol. The van der Waals surface area contributed by atoms with Gasteiger partial charge in [0.05, 0.1) is 14.2 Å². The molecule has 0 radical (unpaired) electrons. The van der Waals surface area contributed by atoms with E-state index in [4.69, 9.17) is 9.47 Å². The molecule has 1 rings (SSSR count). The Morgan fingerprint density at radius 1 is 1.33 bits per heavy atom. The fourth-order valence-electron chi connectivity index (χ4n) is 1.69. The second-order valence-corrected chi connectivity index (χ2v) is 5.68. The number of hydrogen-bond donors (Lipinski definition) is 1. The van der Waals surface area contributed by atoms with Crippen LogP contribution in [0.5, 0.6) is 11.5 Å². The maximum Gasteiger partial charge on any atom is 0.127 e. The summed E-state index contributed by atoms with van der Waals surface area (Å²) < 4.78 is 21.6. The van der Waals surface area contributed by atoms with Crippen LogP contribution in [0.3, 0.4) is 0 Å². The molecular formula is C13H21NO3S. The van der Waals surface area contributed by atoms with E-state index in [9.17, 15) is 4.21 Å². The van der Waals surface area contributed by atoms with Crippen molar-refractivity contribution in [1.29, 1.82) is 0 Å². The molecule has 18 heavy (non-hydrogen) atoms. The van der Waals surface area contributed by atoms with Crippen LogP contribution in [-0.4, -0.2) is 36.5 Å². The Balaban J connectivity index is 2.64. The summed E-state index contributed by atoms with van der Waals surface area (Å²) >= 11 is 0. The van der Waals surface area contributed by atoms with Gasteiger partial charge in [0.2, 0.25) is 0 Å². The van der Waals surface area contributed by atoms with E-state index < -0.39 is 10.8 Å². The Bertz CT molecular complexity index is 409. The lowest BCUT2D eigenvalue weighted by Gasteiger charge is -2.15. The Labute approximate surface area is 111 Å². The maximum absolute atomic E-state index is 11.1. The van der Waals surface area contributed by atoms with E-state index in [1.54, 1.807) is 20.5 Å². The first-order valence-corrected chi connectivity index (χ1v) is 7.53. The third-order valence-corrected chi connectivity index (χ3v) is 3.59. The second-order valence-electron chi connectivity index (χ2n) is 4.20. The number of rotatable bonds is 7.